The first-order chi connectivity index (χ1) is 29.4. The molecule has 5 aliphatic heterocycles. The molecule has 14 heteroatoms. The Bertz CT molecular complexity index is 2250. The van der Waals surface area contributed by atoms with Crippen molar-refractivity contribution in [1.29, 1.82) is 0 Å². The zero-order valence-corrected chi connectivity index (χ0v) is 34.6. The predicted octanol–water partition coefficient (Wildman–Crippen LogP) is 6.79. The molecule has 3 aromatic carbocycles. The molecule has 2 amide bonds. The summed E-state index contributed by atoms with van der Waals surface area (Å²) in [5.74, 6) is 1.68. The maximum absolute atomic E-state index is 11.9. The highest BCUT2D eigenvalue weighted by Crippen LogP contribution is 2.37. The number of rotatable bonds is 5. The lowest BCUT2D eigenvalue weighted by Crippen LogP contribution is -2.32. The molecule has 0 saturated carbocycles. The van der Waals surface area contributed by atoms with Crippen LogP contribution in [0.25, 0.3) is 10.9 Å². The van der Waals surface area contributed by atoms with E-state index in [-0.39, 0.29) is 29.8 Å². The van der Waals surface area contributed by atoms with Crippen LogP contribution in [0.1, 0.15) is 83.6 Å². The number of fused-ring (bicyclic) bond motifs is 3. The van der Waals surface area contributed by atoms with Gasteiger partial charge in [0.2, 0.25) is 17.8 Å². The summed E-state index contributed by atoms with van der Waals surface area (Å²) in [6.45, 7) is 8.04. The lowest BCUT2D eigenvalue weighted by Gasteiger charge is -2.32. The number of nitrogen functional groups attached to an aromatic ring is 1. The minimum absolute atomic E-state index is 0.0150. The summed E-state index contributed by atoms with van der Waals surface area (Å²) in [6.07, 6.45) is 8.37. The molecule has 0 spiro atoms. The van der Waals surface area contributed by atoms with Crippen LogP contribution in [0.15, 0.2) is 72.9 Å². The summed E-state index contributed by atoms with van der Waals surface area (Å²) in [7, 11) is 1.73. The van der Waals surface area contributed by atoms with Gasteiger partial charge in [-0.25, -0.2) is 4.98 Å². The summed E-state index contributed by atoms with van der Waals surface area (Å²) in [4.78, 5) is 42.9. The Hall–Kier alpha value is -5.38. The fraction of sp³-hybridized carbons (Fsp3) is 0.435. The van der Waals surface area contributed by atoms with Crippen molar-refractivity contribution in [3.05, 3.63) is 106 Å². The number of carbonyl (C=O) groups excluding carboxylic acids is 2. The van der Waals surface area contributed by atoms with E-state index < -0.39 is 0 Å². The molecule has 3 unspecified atom stereocenters. The summed E-state index contributed by atoms with van der Waals surface area (Å²) >= 11 is 0. The topological polar surface area (TPSA) is 169 Å². The highest BCUT2D eigenvalue weighted by molar-refractivity contribution is 6.00. The number of aryl methyl sites for hydroxylation is 1. The van der Waals surface area contributed by atoms with Crippen LogP contribution in [0.4, 0.5) is 23.1 Å². The monoisotopic (exact) mass is 816 g/mol. The van der Waals surface area contributed by atoms with Crippen LogP contribution in [0, 0.1) is 6.92 Å². The van der Waals surface area contributed by atoms with Crippen molar-refractivity contribution < 1.29 is 28.6 Å². The van der Waals surface area contributed by atoms with Crippen LogP contribution in [-0.4, -0.2) is 91.7 Å². The summed E-state index contributed by atoms with van der Waals surface area (Å²) < 4.78 is 17.2. The highest BCUT2D eigenvalue weighted by Gasteiger charge is 2.31. The van der Waals surface area contributed by atoms with Crippen molar-refractivity contribution in [3.63, 3.8) is 0 Å². The molecule has 5 aromatic rings. The number of nitrogens with one attached hydrogen (secondary N) is 3. The molecule has 5 aliphatic rings. The Balaban J connectivity index is 0.000000128. The van der Waals surface area contributed by atoms with Crippen LogP contribution < -0.4 is 21.3 Å². The number of aromatic amines is 1. The van der Waals surface area contributed by atoms with E-state index in [0.717, 1.165) is 91.7 Å². The van der Waals surface area contributed by atoms with Gasteiger partial charge in [-0.15, -0.1) is 0 Å². The largest absolute Gasteiger partial charge is 0.381 e. The van der Waals surface area contributed by atoms with Crippen LogP contribution in [0.5, 0.6) is 0 Å². The minimum Gasteiger partial charge on any atom is -0.381 e. The first-order valence-corrected chi connectivity index (χ1v) is 21.2. The molecule has 3 atom stereocenters. The van der Waals surface area contributed by atoms with Crippen molar-refractivity contribution in [3.8, 4) is 0 Å². The third-order valence-electron chi connectivity index (χ3n) is 11.9. The molecule has 10 rings (SSSR count). The number of carbonyl (C=O) groups is 2. The third kappa shape index (κ3) is 9.48. The molecule has 0 radical (unpaired) electrons. The summed E-state index contributed by atoms with van der Waals surface area (Å²) in [5.41, 5.74) is 15.7. The lowest BCUT2D eigenvalue weighted by molar-refractivity contribution is -0.164. The van der Waals surface area contributed by atoms with E-state index >= 15 is 0 Å². The molecule has 3 fully saturated rings. The third-order valence-corrected chi connectivity index (χ3v) is 11.9. The number of aromatic nitrogens is 3. The Morgan fingerprint density at radius 1 is 0.733 bits per heavy atom. The van der Waals surface area contributed by atoms with E-state index in [2.05, 4.69) is 66.9 Å². The quantitative estimate of drug-likeness (QED) is 0.147. The van der Waals surface area contributed by atoms with Gasteiger partial charge in [0.1, 0.15) is 5.82 Å². The first-order valence-electron chi connectivity index (χ1n) is 21.2. The Kier molecular flexibility index (Phi) is 13.3. The number of nitrogens with zero attached hydrogens (tertiary/aromatic N) is 4. The molecule has 60 heavy (non-hydrogen) atoms. The van der Waals surface area contributed by atoms with E-state index in [1.807, 2.05) is 48.5 Å². The number of hydrogen-bond acceptors (Lipinski definition) is 11. The van der Waals surface area contributed by atoms with Gasteiger partial charge < -0.3 is 45.3 Å². The van der Waals surface area contributed by atoms with Crippen molar-refractivity contribution in [2.45, 2.75) is 69.9 Å². The van der Waals surface area contributed by atoms with Crippen molar-refractivity contribution in [1.82, 2.24) is 20.0 Å². The van der Waals surface area contributed by atoms with Gasteiger partial charge in [-0.05, 0) is 84.7 Å². The molecule has 0 aliphatic carbocycles. The van der Waals surface area contributed by atoms with Gasteiger partial charge in [-0.1, -0.05) is 42.8 Å². The van der Waals surface area contributed by atoms with Crippen molar-refractivity contribution in [2.24, 2.45) is 0 Å². The Labute approximate surface area is 351 Å². The fourth-order valence-electron chi connectivity index (χ4n) is 9.04. The standard InChI is InChI=1S/C18H21N5O2.C14H18N2O2.C14H17NO2/c1-11-8-16(22-18(19)20-11)23-6-3-7-25-10-15(23)12-4-2-5-14-13(12)9-17(24)21-14;1-17-16-8-3-9-18-10-14(16)12-4-2-5-13-11(12)6-7-15-13;16-14-8-12-11(5-3-6-13(12)15-14)10-4-1-2-7-17-9-10/h2,4-5,8,15H,3,6-7,9-10H2,1H3,(H,21,24)(H2,19,20,22);2,4-7,14-15H,3,8-10H2,1H3;3,5-6,10H,1-2,4,7-9H2,(H,15,16). The molecule has 2 aromatic heterocycles. The maximum Gasteiger partial charge on any atom is 0.228 e. The van der Waals surface area contributed by atoms with E-state index in [1.165, 1.54) is 34.9 Å². The second-order valence-corrected chi connectivity index (χ2v) is 15.9. The van der Waals surface area contributed by atoms with Crippen LogP contribution in [0.3, 0.4) is 0 Å². The van der Waals surface area contributed by atoms with Gasteiger partial charge in [0.15, 0.2) is 0 Å². The smallest absolute Gasteiger partial charge is 0.228 e. The summed E-state index contributed by atoms with van der Waals surface area (Å²) in [6, 6.07) is 22.7. The van der Waals surface area contributed by atoms with E-state index in [4.69, 9.17) is 24.8 Å². The van der Waals surface area contributed by atoms with Crippen LogP contribution in [-0.2, 0) is 41.5 Å². The van der Waals surface area contributed by atoms with Crippen LogP contribution >= 0.6 is 0 Å². The molecule has 0 bridgehead atoms. The van der Waals surface area contributed by atoms with Crippen molar-refractivity contribution >= 4 is 45.9 Å². The van der Waals surface area contributed by atoms with E-state index in [9.17, 15) is 9.59 Å². The SMILES string of the molecule is CON1CCCOCC1c1cccc2[nH]ccc12.Cc1cc(N2CCCOCC2c2cccc3c2CC(=O)N3)nc(N)n1.O=C1Cc2c(cccc2C2CCCCOC2)N1. The number of H-pyrrole nitrogens is 1. The first kappa shape index (κ1) is 41.4. The fourth-order valence-corrected chi connectivity index (χ4v) is 9.04. The average Bonchev–Trinajstić information content (AvgIpc) is 3.77. The Morgan fingerprint density at radius 2 is 1.38 bits per heavy atom. The zero-order valence-electron chi connectivity index (χ0n) is 34.6. The lowest BCUT2D eigenvalue weighted by atomic mass is 9.90. The second kappa shape index (κ2) is 19.3. The number of benzene rings is 3. The number of amides is 2. The number of ether oxygens (including phenoxy) is 3. The number of hydroxylamine groups is 2. The molecule has 5 N–H and O–H groups in total. The van der Waals surface area contributed by atoms with Gasteiger partial charge in [0.25, 0.3) is 0 Å². The molecular weight excluding hydrogens is 761 g/mol. The van der Waals surface area contributed by atoms with Gasteiger partial charge in [-0.2, -0.15) is 10.0 Å². The van der Waals surface area contributed by atoms with Gasteiger partial charge in [-0.3, -0.25) is 9.59 Å². The zero-order chi connectivity index (χ0) is 41.4. The second-order valence-electron chi connectivity index (χ2n) is 15.9. The maximum atomic E-state index is 11.9. The number of anilines is 4. The molecule has 14 nitrogen and oxygen atoms in total. The molecular formula is C46H56N8O6. The van der Waals surface area contributed by atoms with E-state index in [0.29, 0.717) is 38.6 Å². The average molecular weight is 817 g/mol. The summed E-state index contributed by atoms with van der Waals surface area (Å²) in [5, 5.41) is 9.10. The number of nitrogens with two attached hydrogens (primary N) is 1. The Morgan fingerprint density at radius 3 is 2.13 bits per heavy atom. The predicted molar refractivity (Wildman–Crippen MR) is 232 cm³/mol. The van der Waals surface area contributed by atoms with Gasteiger partial charge in [0, 0.05) is 79.1 Å². The van der Waals surface area contributed by atoms with Gasteiger partial charge in [0.05, 0.1) is 51.9 Å². The van der Waals surface area contributed by atoms with Crippen molar-refractivity contribution in [2.75, 3.05) is 81.1 Å². The molecule has 7 heterocycles. The molecule has 3 saturated heterocycles. The highest BCUT2D eigenvalue weighted by atomic mass is 16.7. The molecule has 316 valence electrons. The van der Waals surface area contributed by atoms with Crippen LogP contribution in [0.2, 0.25) is 0 Å². The van der Waals surface area contributed by atoms with Gasteiger partial charge >= 0.3 is 0 Å². The van der Waals surface area contributed by atoms with E-state index in [1.54, 1.807) is 7.11 Å². The minimum atomic E-state index is -0.0150. The number of hydrogen-bond donors (Lipinski definition) is 4. The normalized spacial score (nSPS) is 21.8.